The van der Waals surface area contributed by atoms with Crippen LogP contribution in [0.3, 0.4) is 0 Å². The summed E-state index contributed by atoms with van der Waals surface area (Å²) in [7, 11) is 0. The van der Waals surface area contributed by atoms with Gasteiger partial charge in [-0.3, -0.25) is 0 Å². The fourth-order valence-corrected chi connectivity index (χ4v) is 5.79. The molecule has 2 N–H and O–H groups in total. The van der Waals surface area contributed by atoms with Gasteiger partial charge in [-0.15, -0.1) is 0 Å². The van der Waals surface area contributed by atoms with Crippen molar-refractivity contribution in [3.63, 3.8) is 0 Å². The van der Waals surface area contributed by atoms with Crippen molar-refractivity contribution < 1.29 is 19.7 Å². The summed E-state index contributed by atoms with van der Waals surface area (Å²) < 4.78 is 13.3. The average molecular weight is 503 g/mol. The minimum atomic E-state index is -0.887. The van der Waals surface area contributed by atoms with Gasteiger partial charge in [0.1, 0.15) is 18.5 Å². The maximum absolute atomic E-state index is 9.60. The van der Waals surface area contributed by atoms with Gasteiger partial charge in [-0.25, -0.2) is 0 Å². The fraction of sp³-hybridized carbons (Fsp3) is 0.219. The second-order valence-corrected chi connectivity index (χ2v) is 10.4. The van der Waals surface area contributed by atoms with Gasteiger partial charge in [0.25, 0.3) is 0 Å². The van der Waals surface area contributed by atoms with Crippen LogP contribution in [0, 0.1) is 20.8 Å². The first kappa shape index (κ1) is 25.7. The van der Waals surface area contributed by atoms with Crippen LogP contribution in [-0.2, 0) is 6.61 Å². The molecule has 0 saturated heterocycles. The van der Waals surface area contributed by atoms with E-state index in [4.69, 9.17) is 14.6 Å². The van der Waals surface area contributed by atoms with Gasteiger partial charge in [-0.05, 0) is 26.0 Å². The van der Waals surface area contributed by atoms with E-state index in [2.05, 4.69) is 81.4 Å². The zero-order valence-corrected chi connectivity index (χ0v) is 23.0. The monoisotopic (exact) mass is 502 g/mol. The molecule has 1 aliphatic rings. The molecule has 5 rings (SSSR count). The van der Waals surface area contributed by atoms with E-state index in [9.17, 15) is 5.11 Å². The van der Waals surface area contributed by atoms with Crippen molar-refractivity contribution in [2.75, 3.05) is 13.2 Å². The van der Waals surface area contributed by atoms with Crippen molar-refractivity contribution >= 4 is 24.9 Å². The molecule has 0 saturated carbocycles. The standard InChI is InChI=1S/C32H30O4.Mg/c1-20-13-28(36-19-26(34)17-33)14-21(2)32(20)29-10-6-8-25(22(29)3)18-35-27-12-11-24-15-23-7-4-5-9-30(23)31(24)16-27;/h4-14,16,26,33-34H,17-19H2,1-3H3;/t26-;/m1./s1. The number of hydrogen-bond acceptors (Lipinski definition) is 4. The van der Waals surface area contributed by atoms with Crippen LogP contribution in [0.2, 0.25) is 0 Å². The predicted molar refractivity (Wildman–Crippen MR) is 150 cm³/mol. The molecule has 5 heteroatoms. The molecule has 37 heavy (non-hydrogen) atoms. The summed E-state index contributed by atoms with van der Waals surface area (Å²) in [5.74, 6) is 1.56. The number of aliphatic hydroxyl groups excluding tert-OH is 2. The van der Waals surface area contributed by atoms with Gasteiger partial charge >= 0.3 is 165 Å². The number of rotatable bonds is 8. The van der Waals surface area contributed by atoms with Crippen LogP contribution < -0.4 is 9.47 Å². The first-order chi connectivity index (χ1) is 17.9. The Morgan fingerprint density at radius 1 is 0.730 bits per heavy atom. The van der Waals surface area contributed by atoms with Gasteiger partial charge in [-0.1, -0.05) is 0 Å². The third-order valence-corrected chi connectivity index (χ3v) is 7.89. The van der Waals surface area contributed by atoms with Gasteiger partial charge in [0.2, 0.25) is 0 Å². The first-order valence-electron chi connectivity index (χ1n) is 12.5. The van der Waals surface area contributed by atoms with Crippen molar-refractivity contribution in [2.24, 2.45) is 0 Å². The van der Waals surface area contributed by atoms with E-state index in [1.54, 1.807) is 0 Å². The Labute approximate surface area is 230 Å². The minimum absolute atomic E-state index is 0.0623. The summed E-state index contributed by atoms with van der Waals surface area (Å²) in [5.41, 5.74) is 12.0. The van der Waals surface area contributed by atoms with Crippen molar-refractivity contribution in [1.82, 2.24) is 0 Å². The van der Waals surface area contributed by atoms with E-state index in [-0.39, 0.29) is 13.2 Å². The van der Waals surface area contributed by atoms with Crippen molar-refractivity contribution in [3.05, 3.63) is 106 Å². The van der Waals surface area contributed by atoms with E-state index in [0.717, 1.165) is 22.4 Å². The molecular formula is C32H30MgO4. The molecule has 0 aromatic heterocycles. The van der Waals surface area contributed by atoms with Crippen molar-refractivity contribution in [2.45, 2.75) is 33.5 Å². The number of aliphatic hydroxyl groups is 2. The topological polar surface area (TPSA) is 58.9 Å². The molecule has 0 spiro atoms. The Kier molecular flexibility index (Phi) is 7.49. The molecule has 0 heterocycles. The van der Waals surface area contributed by atoms with E-state index < -0.39 is 6.10 Å². The van der Waals surface area contributed by atoms with E-state index in [0.29, 0.717) is 12.4 Å². The summed E-state index contributed by atoms with van der Waals surface area (Å²) in [4.78, 5) is 0. The van der Waals surface area contributed by atoms with Crippen LogP contribution in [0.4, 0.5) is 0 Å². The van der Waals surface area contributed by atoms with E-state index >= 15 is 0 Å². The third-order valence-electron chi connectivity index (χ3n) is 7.13. The van der Waals surface area contributed by atoms with Crippen LogP contribution in [0.5, 0.6) is 11.5 Å². The number of benzene rings is 4. The van der Waals surface area contributed by atoms with Gasteiger partial charge in [0.05, 0.1) is 6.61 Å². The van der Waals surface area contributed by atoms with Gasteiger partial charge in [0.15, 0.2) is 0 Å². The molecule has 0 bridgehead atoms. The molecular weight excluding hydrogens is 473 g/mol. The quantitative estimate of drug-likeness (QED) is 0.282. The molecule has 4 aromatic rings. The van der Waals surface area contributed by atoms with Crippen LogP contribution >= 0.6 is 0 Å². The van der Waals surface area contributed by atoms with Crippen LogP contribution in [0.15, 0.2) is 72.8 Å². The van der Waals surface area contributed by atoms with E-state index in [1.165, 1.54) is 42.6 Å². The van der Waals surface area contributed by atoms with Crippen molar-refractivity contribution in [1.29, 1.82) is 0 Å². The number of aryl methyl sites for hydroxylation is 2. The molecule has 0 unspecified atom stereocenters. The predicted octanol–water partition coefficient (Wildman–Crippen LogP) is 5.31. The summed E-state index contributed by atoms with van der Waals surface area (Å²) in [6.07, 6.45) is -0.887. The van der Waals surface area contributed by atoms with Crippen LogP contribution in [-0.4, -0.2) is 54.4 Å². The molecule has 1 aliphatic carbocycles. The van der Waals surface area contributed by atoms with E-state index in [1.807, 2.05) is 33.4 Å². The summed E-state index contributed by atoms with van der Waals surface area (Å²) in [6.45, 7) is 6.52. The van der Waals surface area contributed by atoms with Gasteiger partial charge < -0.3 is 14.9 Å². The summed E-state index contributed by atoms with van der Waals surface area (Å²) >= 11 is 1.95. The molecule has 0 radical (unpaired) electrons. The average Bonchev–Trinajstić information content (AvgIpc) is 3.18. The first-order valence-corrected chi connectivity index (χ1v) is 13.3. The van der Waals surface area contributed by atoms with Gasteiger partial charge in [-0.2, -0.15) is 0 Å². The zero-order valence-electron chi connectivity index (χ0n) is 21.5. The van der Waals surface area contributed by atoms with Crippen LogP contribution in [0.1, 0.15) is 33.4 Å². The number of hydrogen-bond donors (Lipinski definition) is 2. The Hall–Kier alpha value is -2.96. The normalized spacial score (nSPS) is 12.8. The molecule has 0 fully saturated rings. The molecule has 0 amide bonds. The van der Waals surface area contributed by atoms with Crippen LogP contribution in [0.25, 0.3) is 22.3 Å². The number of ether oxygens (including phenoxy) is 2. The second-order valence-electron chi connectivity index (χ2n) is 9.69. The Morgan fingerprint density at radius 2 is 1.41 bits per heavy atom. The SMILES string of the molecule is Cc1cc(OC[C@H](O)CO)cc(C)c1-c1cccc(COc2ccc3c(c2)-c2ccccc2[C]3=[Mg])c1C. The Morgan fingerprint density at radius 3 is 2.14 bits per heavy atom. The molecule has 184 valence electrons. The van der Waals surface area contributed by atoms with Crippen molar-refractivity contribution in [3.8, 4) is 33.8 Å². The fourth-order valence-electron chi connectivity index (χ4n) is 5.17. The summed E-state index contributed by atoms with van der Waals surface area (Å²) in [6, 6.07) is 25.3. The zero-order chi connectivity index (χ0) is 26.1. The molecule has 0 aliphatic heterocycles. The Bertz CT molecular complexity index is 1470. The third kappa shape index (κ3) is 5.09. The molecule has 4 aromatic carbocycles. The Balaban J connectivity index is 1.37. The number of fused-ring (bicyclic) bond motifs is 3. The molecule has 1 atom stereocenters. The molecule has 4 nitrogen and oxygen atoms in total. The van der Waals surface area contributed by atoms with Gasteiger partial charge in [0, 0.05) is 0 Å². The second kappa shape index (κ2) is 10.8. The summed E-state index contributed by atoms with van der Waals surface area (Å²) in [5, 5.41) is 18.6. The maximum atomic E-state index is 9.60.